The Morgan fingerprint density at radius 1 is 1.14 bits per heavy atom. The van der Waals surface area contributed by atoms with E-state index in [0.29, 0.717) is 23.7 Å². The number of amides is 1. The summed E-state index contributed by atoms with van der Waals surface area (Å²) in [5, 5.41) is 10.2. The SMILES string of the molecule is CCCOc1c(I)cc(/C=N\NC(=O)c2ccc(-c3csc(Nc4ccccc4)n3)cc2)cc1OC. The molecule has 184 valence electrons. The van der Waals surface area contributed by atoms with Gasteiger partial charge in [-0.05, 0) is 71.0 Å². The molecule has 1 aromatic heterocycles. The lowest BCUT2D eigenvalue weighted by atomic mass is 10.1. The molecular formula is C27H25IN4O3S. The molecule has 1 amide bonds. The van der Waals surface area contributed by atoms with E-state index < -0.39 is 0 Å². The number of aromatic nitrogens is 1. The second-order valence-corrected chi connectivity index (χ2v) is 9.71. The van der Waals surface area contributed by atoms with Crippen LogP contribution in [0.25, 0.3) is 11.3 Å². The molecule has 0 unspecified atom stereocenters. The molecule has 0 radical (unpaired) electrons. The Kier molecular flexibility index (Phi) is 8.90. The van der Waals surface area contributed by atoms with Crippen molar-refractivity contribution in [2.45, 2.75) is 13.3 Å². The number of carbonyl (C=O) groups excluding carboxylic acids is 1. The minimum atomic E-state index is -0.299. The number of hydrogen-bond donors (Lipinski definition) is 2. The Labute approximate surface area is 227 Å². The Hall–Kier alpha value is -3.44. The first kappa shape index (κ1) is 25.6. The number of rotatable bonds is 10. The van der Waals surface area contributed by atoms with Gasteiger partial charge in [-0.1, -0.05) is 37.3 Å². The molecule has 0 spiro atoms. The third-order valence-corrected chi connectivity index (χ3v) is 6.61. The lowest BCUT2D eigenvalue weighted by Crippen LogP contribution is -2.17. The van der Waals surface area contributed by atoms with Gasteiger partial charge in [-0.25, -0.2) is 10.4 Å². The number of nitrogens with one attached hydrogen (secondary N) is 2. The third kappa shape index (κ3) is 6.61. The van der Waals surface area contributed by atoms with Crippen molar-refractivity contribution in [3.8, 4) is 22.8 Å². The first-order chi connectivity index (χ1) is 17.6. The van der Waals surface area contributed by atoms with Gasteiger partial charge in [-0.2, -0.15) is 5.10 Å². The van der Waals surface area contributed by atoms with Crippen LogP contribution in [0.15, 0.2) is 77.2 Å². The lowest BCUT2D eigenvalue weighted by molar-refractivity contribution is 0.0955. The van der Waals surface area contributed by atoms with Gasteiger partial charge in [-0.15, -0.1) is 11.3 Å². The standard InChI is InChI=1S/C27H25IN4O3S/c1-3-13-35-25-22(28)14-18(15-24(25)34-2)16-29-32-26(33)20-11-9-19(10-12-20)23-17-36-27(31-23)30-21-7-5-4-6-8-21/h4-12,14-17H,3,13H2,1-2H3,(H,30,31)(H,32,33)/b29-16-. The van der Waals surface area contributed by atoms with Crippen molar-refractivity contribution in [1.29, 1.82) is 0 Å². The zero-order valence-corrected chi connectivity index (χ0v) is 22.8. The summed E-state index contributed by atoms with van der Waals surface area (Å²) in [6, 6.07) is 20.9. The molecule has 2 N–H and O–H groups in total. The highest BCUT2D eigenvalue weighted by molar-refractivity contribution is 14.1. The van der Waals surface area contributed by atoms with E-state index in [4.69, 9.17) is 9.47 Å². The molecule has 0 fully saturated rings. The smallest absolute Gasteiger partial charge is 0.271 e. The molecule has 0 bridgehead atoms. The van der Waals surface area contributed by atoms with Crippen molar-refractivity contribution in [3.05, 3.63) is 86.8 Å². The van der Waals surface area contributed by atoms with E-state index in [-0.39, 0.29) is 5.91 Å². The van der Waals surface area contributed by atoms with Gasteiger partial charge in [0.2, 0.25) is 0 Å². The summed E-state index contributed by atoms with van der Waals surface area (Å²) in [4.78, 5) is 17.2. The maximum atomic E-state index is 12.6. The van der Waals surface area contributed by atoms with Gasteiger partial charge in [0, 0.05) is 22.2 Å². The summed E-state index contributed by atoms with van der Waals surface area (Å²) in [6.45, 7) is 2.67. The number of halogens is 1. The van der Waals surface area contributed by atoms with Crippen molar-refractivity contribution in [2.75, 3.05) is 19.0 Å². The summed E-state index contributed by atoms with van der Waals surface area (Å²) < 4.78 is 12.1. The largest absolute Gasteiger partial charge is 0.493 e. The van der Waals surface area contributed by atoms with Crippen LogP contribution in [0.4, 0.5) is 10.8 Å². The van der Waals surface area contributed by atoms with Crippen LogP contribution >= 0.6 is 33.9 Å². The second-order valence-electron chi connectivity index (χ2n) is 7.69. The number of anilines is 2. The van der Waals surface area contributed by atoms with Gasteiger partial charge in [0.25, 0.3) is 5.91 Å². The minimum Gasteiger partial charge on any atom is -0.493 e. The highest BCUT2D eigenvalue weighted by atomic mass is 127. The fourth-order valence-corrected chi connectivity index (χ4v) is 4.81. The van der Waals surface area contributed by atoms with Crippen LogP contribution in [-0.2, 0) is 0 Å². The van der Waals surface area contributed by atoms with E-state index in [9.17, 15) is 4.79 Å². The number of benzene rings is 3. The van der Waals surface area contributed by atoms with E-state index in [2.05, 4.69) is 50.3 Å². The molecule has 0 saturated heterocycles. The summed E-state index contributed by atoms with van der Waals surface area (Å²) in [7, 11) is 1.60. The molecule has 0 atom stereocenters. The van der Waals surface area contributed by atoms with Crippen molar-refractivity contribution in [3.63, 3.8) is 0 Å². The van der Waals surface area contributed by atoms with Gasteiger partial charge < -0.3 is 14.8 Å². The Morgan fingerprint density at radius 3 is 2.64 bits per heavy atom. The number of thiazole rings is 1. The van der Waals surface area contributed by atoms with Gasteiger partial charge in [-0.3, -0.25) is 4.79 Å². The number of carbonyl (C=O) groups is 1. The molecular weight excluding hydrogens is 587 g/mol. The van der Waals surface area contributed by atoms with Crippen LogP contribution in [-0.4, -0.2) is 30.8 Å². The first-order valence-corrected chi connectivity index (χ1v) is 13.2. The predicted octanol–water partition coefficient (Wildman–Crippen LogP) is 6.72. The molecule has 36 heavy (non-hydrogen) atoms. The second kappa shape index (κ2) is 12.5. The maximum absolute atomic E-state index is 12.6. The summed E-state index contributed by atoms with van der Waals surface area (Å²) in [6.07, 6.45) is 2.49. The number of hydrogen-bond acceptors (Lipinski definition) is 7. The molecule has 4 aromatic rings. The van der Waals surface area contributed by atoms with Gasteiger partial charge in [0.05, 0.1) is 29.2 Å². The van der Waals surface area contributed by atoms with E-state index in [1.165, 1.54) is 11.3 Å². The monoisotopic (exact) mass is 612 g/mol. The number of hydrazone groups is 1. The molecule has 0 saturated carbocycles. The topological polar surface area (TPSA) is 84.8 Å². The van der Waals surface area contributed by atoms with Gasteiger partial charge >= 0.3 is 0 Å². The first-order valence-electron chi connectivity index (χ1n) is 11.3. The number of ether oxygens (including phenoxy) is 2. The molecule has 1 heterocycles. The summed E-state index contributed by atoms with van der Waals surface area (Å²) in [5.74, 6) is 1.04. The minimum absolute atomic E-state index is 0.299. The molecule has 7 nitrogen and oxygen atoms in total. The Balaban J connectivity index is 1.37. The van der Waals surface area contributed by atoms with E-state index in [1.807, 2.05) is 60.0 Å². The predicted molar refractivity (Wildman–Crippen MR) is 154 cm³/mol. The summed E-state index contributed by atoms with van der Waals surface area (Å²) in [5.41, 5.74) is 6.63. The summed E-state index contributed by atoms with van der Waals surface area (Å²) >= 11 is 3.73. The highest BCUT2D eigenvalue weighted by Gasteiger charge is 2.11. The number of para-hydroxylation sites is 1. The van der Waals surface area contributed by atoms with Crippen LogP contribution in [0.1, 0.15) is 29.3 Å². The molecule has 0 aliphatic carbocycles. The molecule has 0 aliphatic rings. The number of nitrogens with zero attached hydrogens (tertiary/aromatic N) is 2. The van der Waals surface area contributed by atoms with Crippen LogP contribution in [0.5, 0.6) is 11.5 Å². The van der Waals surface area contributed by atoms with Crippen LogP contribution in [0.2, 0.25) is 0 Å². The van der Waals surface area contributed by atoms with E-state index in [0.717, 1.165) is 37.6 Å². The van der Waals surface area contributed by atoms with Crippen LogP contribution < -0.4 is 20.2 Å². The highest BCUT2D eigenvalue weighted by Crippen LogP contribution is 2.33. The Bertz CT molecular complexity index is 1340. The van der Waals surface area contributed by atoms with Crippen molar-refractivity contribution in [1.82, 2.24) is 10.4 Å². The third-order valence-electron chi connectivity index (χ3n) is 5.05. The van der Waals surface area contributed by atoms with Gasteiger partial charge in [0.1, 0.15) is 0 Å². The maximum Gasteiger partial charge on any atom is 0.271 e. The fraction of sp³-hybridized carbons (Fsp3) is 0.148. The van der Waals surface area contributed by atoms with Crippen LogP contribution in [0, 0.1) is 3.57 Å². The van der Waals surface area contributed by atoms with Crippen molar-refractivity contribution in [2.24, 2.45) is 5.10 Å². The molecule has 0 aliphatic heterocycles. The average Bonchev–Trinajstić information content (AvgIpc) is 3.37. The average molecular weight is 612 g/mol. The zero-order chi connectivity index (χ0) is 25.3. The normalized spacial score (nSPS) is 10.9. The lowest BCUT2D eigenvalue weighted by Gasteiger charge is -2.12. The number of methoxy groups -OCH3 is 1. The zero-order valence-electron chi connectivity index (χ0n) is 19.8. The van der Waals surface area contributed by atoms with E-state index >= 15 is 0 Å². The molecule has 3 aromatic carbocycles. The molecule has 4 rings (SSSR count). The van der Waals surface area contributed by atoms with Gasteiger partial charge in [0.15, 0.2) is 16.6 Å². The van der Waals surface area contributed by atoms with Crippen LogP contribution in [0.3, 0.4) is 0 Å². The van der Waals surface area contributed by atoms with E-state index in [1.54, 1.807) is 25.5 Å². The Morgan fingerprint density at radius 2 is 1.92 bits per heavy atom. The fourth-order valence-electron chi connectivity index (χ4n) is 3.29. The van der Waals surface area contributed by atoms with Crippen molar-refractivity contribution < 1.29 is 14.3 Å². The quantitative estimate of drug-likeness (QED) is 0.118. The molecule has 9 heteroatoms. The van der Waals surface area contributed by atoms with Crippen molar-refractivity contribution >= 4 is 56.9 Å².